The smallest absolute Gasteiger partial charge is 0.301 e. The van der Waals surface area contributed by atoms with E-state index in [9.17, 15) is 14.7 Å². The van der Waals surface area contributed by atoms with Crippen molar-refractivity contribution in [2.24, 2.45) is 0 Å². The van der Waals surface area contributed by atoms with E-state index >= 15 is 0 Å². The van der Waals surface area contributed by atoms with E-state index in [0.717, 1.165) is 21.6 Å². The van der Waals surface area contributed by atoms with Gasteiger partial charge in [-0.05, 0) is 68.3 Å². The number of hydrogen-bond acceptors (Lipinski definition) is 7. The molecular weight excluding hydrogens is 500 g/mol. The molecule has 7 nitrogen and oxygen atoms in total. The van der Waals surface area contributed by atoms with Crippen molar-refractivity contribution < 1.29 is 24.2 Å². The predicted octanol–water partition coefficient (Wildman–Crippen LogP) is 5.95. The highest BCUT2D eigenvalue weighted by Gasteiger charge is 2.48. The number of fused-ring (bicyclic) bond motifs is 2. The number of carbonyl (C=O) groups excluding carboxylic acids is 2. The van der Waals surface area contributed by atoms with Crippen LogP contribution in [0.5, 0.6) is 11.5 Å². The fraction of sp³-hybridized carbons (Fsp3) is 0.233. The monoisotopic (exact) mass is 526 g/mol. The molecule has 0 spiro atoms. The van der Waals surface area contributed by atoms with Crippen LogP contribution in [0.15, 0.2) is 66.2 Å². The fourth-order valence-corrected chi connectivity index (χ4v) is 6.09. The Morgan fingerprint density at radius 2 is 1.92 bits per heavy atom. The maximum absolute atomic E-state index is 13.5. The van der Waals surface area contributed by atoms with Crippen molar-refractivity contribution >= 4 is 44.1 Å². The van der Waals surface area contributed by atoms with E-state index in [0.29, 0.717) is 40.6 Å². The number of anilines is 1. The summed E-state index contributed by atoms with van der Waals surface area (Å²) in [6.07, 6.45) is 0.754. The Morgan fingerprint density at radius 1 is 1.13 bits per heavy atom. The minimum absolute atomic E-state index is 0.0417. The van der Waals surface area contributed by atoms with Crippen molar-refractivity contribution in [3.63, 3.8) is 0 Å². The summed E-state index contributed by atoms with van der Waals surface area (Å²) >= 11 is 1.31. The standard InChI is InChI=1S/C30H26N2O5S/c1-4-36-21-10-11-22-24(15-21)38-30(31-22)32-26(18-7-5-16(2)6-8-18)25(28(34)29(32)35)27(33)19-9-12-23-20(14-19)13-17(3)37-23/h5-12,14-15,17,26,33H,4,13H2,1-3H3/b27-25-. The lowest BCUT2D eigenvalue weighted by Gasteiger charge is -2.23. The van der Waals surface area contributed by atoms with Crippen LogP contribution in [0, 0.1) is 6.92 Å². The van der Waals surface area contributed by atoms with Crippen molar-refractivity contribution in [2.45, 2.75) is 39.3 Å². The second-order valence-corrected chi connectivity index (χ2v) is 10.6. The van der Waals surface area contributed by atoms with Gasteiger partial charge in [0.2, 0.25) is 0 Å². The molecule has 2 aliphatic heterocycles. The van der Waals surface area contributed by atoms with Crippen LogP contribution in [0.3, 0.4) is 0 Å². The fourth-order valence-electron chi connectivity index (χ4n) is 5.07. The van der Waals surface area contributed by atoms with Crippen LogP contribution in [0.4, 0.5) is 5.13 Å². The summed E-state index contributed by atoms with van der Waals surface area (Å²) < 4.78 is 12.2. The molecule has 3 heterocycles. The maximum atomic E-state index is 13.5. The van der Waals surface area contributed by atoms with Gasteiger partial charge in [-0.25, -0.2) is 4.98 Å². The zero-order valence-corrected chi connectivity index (χ0v) is 22.0. The third kappa shape index (κ3) is 4.01. The number of aliphatic hydroxyl groups excluding tert-OH is 1. The summed E-state index contributed by atoms with van der Waals surface area (Å²) in [5.41, 5.74) is 3.93. The van der Waals surface area contributed by atoms with Crippen LogP contribution in [0.2, 0.25) is 0 Å². The minimum atomic E-state index is -0.828. The lowest BCUT2D eigenvalue weighted by Crippen LogP contribution is -2.29. The van der Waals surface area contributed by atoms with E-state index in [-0.39, 0.29) is 17.4 Å². The minimum Gasteiger partial charge on any atom is -0.507 e. The molecule has 1 aromatic heterocycles. The van der Waals surface area contributed by atoms with Gasteiger partial charge in [-0.3, -0.25) is 14.5 Å². The number of rotatable bonds is 5. The van der Waals surface area contributed by atoms with E-state index in [1.807, 2.05) is 69.3 Å². The molecule has 1 amide bonds. The molecule has 0 bridgehead atoms. The molecule has 192 valence electrons. The number of ether oxygens (including phenoxy) is 2. The molecule has 1 saturated heterocycles. The lowest BCUT2D eigenvalue weighted by molar-refractivity contribution is -0.132. The first kappa shape index (κ1) is 24.2. The van der Waals surface area contributed by atoms with Gasteiger partial charge in [-0.1, -0.05) is 41.2 Å². The summed E-state index contributed by atoms with van der Waals surface area (Å²) in [6, 6.07) is 17.7. The molecule has 1 N–H and O–H groups in total. The molecule has 0 radical (unpaired) electrons. The van der Waals surface area contributed by atoms with Crippen LogP contribution in [0.1, 0.15) is 42.1 Å². The predicted molar refractivity (Wildman–Crippen MR) is 147 cm³/mol. The maximum Gasteiger partial charge on any atom is 0.301 e. The van der Waals surface area contributed by atoms with Crippen LogP contribution in [0.25, 0.3) is 16.0 Å². The van der Waals surface area contributed by atoms with E-state index < -0.39 is 17.7 Å². The molecule has 38 heavy (non-hydrogen) atoms. The zero-order valence-electron chi connectivity index (χ0n) is 21.2. The lowest BCUT2D eigenvalue weighted by atomic mass is 9.94. The Morgan fingerprint density at radius 3 is 2.68 bits per heavy atom. The number of carbonyl (C=O) groups is 2. The van der Waals surface area contributed by atoms with E-state index in [1.165, 1.54) is 16.2 Å². The average Bonchev–Trinajstić information content (AvgIpc) is 3.56. The van der Waals surface area contributed by atoms with Gasteiger partial charge in [0.05, 0.1) is 28.4 Å². The van der Waals surface area contributed by atoms with Gasteiger partial charge in [0.15, 0.2) is 5.13 Å². The second-order valence-electron chi connectivity index (χ2n) is 9.59. The van der Waals surface area contributed by atoms with Gasteiger partial charge in [-0.2, -0.15) is 0 Å². The van der Waals surface area contributed by atoms with Gasteiger partial charge < -0.3 is 14.6 Å². The third-order valence-corrected chi connectivity index (χ3v) is 7.89. The first-order chi connectivity index (χ1) is 18.3. The summed E-state index contributed by atoms with van der Waals surface area (Å²) in [6.45, 7) is 6.40. The highest BCUT2D eigenvalue weighted by molar-refractivity contribution is 7.22. The Kier molecular flexibility index (Phi) is 5.91. The van der Waals surface area contributed by atoms with Gasteiger partial charge in [0.25, 0.3) is 5.78 Å². The molecule has 4 aromatic rings. The number of aliphatic hydroxyl groups is 1. The first-order valence-electron chi connectivity index (χ1n) is 12.5. The Bertz CT molecular complexity index is 1620. The number of ketones is 1. The largest absolute Gasteiger partial charge is 0.507 e. The summed E-state index contributed by atoms with van der Waals surface area (Å²) in [5.74, 6) is -0.196. The van der Waals surface area contributed by atoms with Crippen LogP contribution >= 0.6 is 11.3 Å². The van der Waals surface area contributed by atoms with E-state index in [1.54, 1.807) is 12.1 Å². The van der Waals surface area contributed by atoms with Crippen molar-refractivity contribution in [1.29, 1.82) is 0 Å². The number of nitrogens with zero attached hydrogens (tertiary/aromatic N) is 2. The van der Waals surface area contributed by atoms with Gasteiger partial charge in [0.1, 0.15) is 23.4 Å². The number of aryl methyl sites for hydroxylation is 1. The molecule has 3 aromatic carbocycles. The Balaban J connectivity index is 1.50. The van der Waals surface area contributed by atoms with Gasteiger partial charge in [-0.15, -0.1) is 0 Å². The molecular formula is C30H26N2O5S. The van der Waals surface area contributed by atoms with Crippen molar-refractivity contribution in [3.8, 4) is 11.5 Å². The third-order valence-electron chi connectivity index (χ3n) is 6.87. The Hall–Kier alpha value is -4.17. The molecule has 2 unspecified atom stereocenters. The van der Waals surface area contributed by atoms with Crippen LogP contribution < -0.4 is 14.4 Å². The average molecular weight is 527 g/mol. The Labute approximate surface area is 224 Å². The van der Waals surface area contributed by atoms with Crippen molar-refractivity contribution in [2.75, 3.05) is 11.5 Å². The van der Waals surface area contributed by atoms with Gasteiger partial charge >= 0.3 is 5.91 Å². The number of amides is 1. The van der Waals surface area contributed by atoms with Crippen LogP contribution in [-0.2, 0) is 16.0 Å². The van der Waals surface area contributed by atoms with Gasteiger partial charge in [0, 0.05) is 12.0 Å². The summed E-state index contributed by atoms with van der Waals surface area (Å²) in [4.78, 5) is 33.1. The molecule has 0 aliphatic carbocycles. The second kappa shape index (κ2) is 9.29. The highest BCUT2D eigenvalue weighted by atomic mass is 32.1. The van der Waals surface area contributed by atoms with E-state index in [2.05, 4.69) is 0 Å². The number of benzene rings is 3. The molecule has 2 aliphatic rings. The summed E-state index contributed by atoms with van der Waals surface area (Å²) in [7, 11) is 0. The van der Waals surface area contributed by atoms with Crippen molar-refractivity contribution in [1.82, 2.24) is 4.98 Å². The number of Topliss-reactive ketones (excluding diaryl/α,β-unsaturated/α-hetero) is 1. The van der Waals surface area contributed by atoms with E-state index in [4.69, 9.17) is 14.5 Å². The first-order valence-corrected chi connectivity index (χ1v) is 13.4. The molecule has 1 fully saturated rings. The topological polar surface area (TPSA) is 89.0 Å². The SMILES string of the molecule is CCOc1ccc2nc(N3C(=O)C(=O)/C(=C(\O)c4ccc5c(c4)CC(C)O5)C3c3ccc(C)cc3)sc2c1. The number of aromatic nitrogens is 1. The van der Waals surface area contributed by atoms with Crippen LogP contribution in [-0.4, -0.2) is 34.5 Å². The molecule has 6 rings (SSSR count). The highest BCUT2D eigenvalue weighted by Crippen LogP contribution is 2.45. The normalized spacial score (nSPS) is 20.1. The summed E-state index contributed by atoms with van der Waals surface area (Å²) in [5, 5.41) is 11.9. The van der Waals surface area contributed by atoms with Crippen molar-refractivity contribution in [3.05, 3.63) is 88.5 Å². The number of thiazole rings is 1. The zero-order chi connectivity index (χ0) is 26.6. The number of hydrogen-bond donors (Lipinski definition) is 1. The molecule has 2 atom stereocenters. The molecule has 8 heteroatoms. The quantitative estimate of drug-likeness (QED) is 0.196. The molecule has 0 saturated carbocycles.